The Morgan fingerprint density at radius 1 is 1.39 bits per heavy atom. The molecule has 0 amide bonds. The molecule has 94 valence electrons. The molecule has 18 heavy (non-hydrogen) atoms. The smallest absolute Gasteiger partial charge is 0.160 e. The van der Waals surface area contributed by atoms with E-state index < -0.39 is 5.60 Å². The van der Waals surface area contributed by atoms with Crippen molar-refractivity contribution in [1.82, 2.24) is 15.2 Å². The van der Waals surface area contributed by atoms with Crippen LogP contribution in [0.5, 0.6) is 0 Å². The van der Waals surface area contributed by atoms with Crippen LogP contribution in [0.15, 0.2) is 18.5 Å². The Labute approximate surface area is 109 Å². The molecule has 0 aromatic carbocycles. The maximum Gasteiger partial charge on any atom is 0.160 e. The van der Waals surface area contributed by atoms with Gasteiger partial charge in [-0.15, -0.1) is 10.2 Å². The van der Waals surface area contributed by atoms with Crippen LogP contribution >= 0.6 is 11.6 Å². The fourth-order valence-corrected chi connectivity index (χ4v) is 2.51. The van der Waals surface area contributed by atoms with Crippen LogP contribution in [0, 0.1) is 0 Å². The fraction of sp³-hybridized carbons (Fsp3) is 0.417. The first-order valence-electron chi connectivity index (χ1n) is 5.80. The highest BCUT2D eigenvalue weighted by Gasteiger charge is 2.33. The second-order valence-corrected chi connectivity index (χ2v) is 5.26. The summed E-state index contributed by atoms with van der Waals surface area (Å²) in [5, 5.41) is 20.2. The van der Waals surface area contributed by atoms with Crippen LogP contribution in [0.25, 0.3) is 10.8 Å². The van der Waals surface area contributed by atoms with Crippen LogP contribution in [0.1, 0.15) is 13.3 Å². The maximum absolute atomic E-state index is 10.0. The van der Waals surface area contributed by atoms with Gasteiger partial charge in [-0.1, -0.05) is 11.6 Å². The molecule has 0 spiro atoms. The molecule has 6 heteroatoms. The minimum atomic E-state index is -0.671. The van der Waals surface area contributed by atoms with Gasteiger partial charge in [0.2, 0.25) is 0 Å². The molecule has 1 aliphatic rings. The number of hydrogen-bond acceptors (Lipinski definition) is 5. The summed E-state index contributed by atoms with van der Waals surface area (Å²) < 4.78 is 0. The molecule has 2 aromatic heterocycles. The summed E-state index contributed by atoms with van der Waals surface area (Å²) in [5.74, 6) is 0.736. The van der Waals surface area contributed by atoms with Crippen LogP contribution < -0.4 is 4.90 Å². The average molecular weight is 265 g/mol. The van der Waals surface area contributed by atoms with Gasteiger partial charge in [0.25, 0.3) is 0 Å². The first kappa shape index (κ1) is 11.6. The van der Waals surface area contributed by atoms with Crippen molar-refractivity contribution >= 4 is 28.2 Å². The predicted octanol–water partition coefficient (Wildman–Crippen LogP) is 1.64. The van der Waals surface area contributed by atoms with Crippen molar-refractivity contribution in [1.29, 1.82) is 0 Å². The number of β-amino-alcohol motifs (C(OH)–C–C–N with tert-alkyl or cyclic N) is 1. The number of pyridine rings is 1. The summed E-state index contributed by atoms with van der Waals surface area (Å²) in [6.45, 7) is 3.14. The Morgan fingerprint density at radius 3 is 2.94 bits per heavy atom. The molecule has 3 heterocycles. The summed E-state index contributed by atoms with van der Waals surface area (Å²) in [6.07, 6.45) is 4.14. The number of halogens is 1. The second-order valence-electron chi connectivity index (χ2n) is 4.90. The Bertz CT molecular complexity index is 602. The Kier molecular flexibility index (Phi) is 2.60. The van der Waals surface area contributed by atoms with E-state index in [4.69, 9.17) is 11.6 Å². The van der Waals surface area contributed by atoms with Crippen LogP contribution in [-0.4, -0.2) is 39.0 Å². The molecule has 0 saturated carbocycles. The Morgan fingerprint density at radius 2 is 2.22 bits per heavy atom. The van der Waals surface area contributed by atoms with E-state index >= 15 is 0 Å². The highest BCUT2D eigenvalue weighted by molar-refractivity contribution is 6.34. The highest BCUT2D eigenvalue weighted by atomic mass is 35.5. The average Bonchev–Trinajstić information content (AvgIpc) is 2.70. The van der Waals surface area contributed by atoms with E-state index in [0.717, 1.165) is 29.6 Å². The van der Waals surface area contributed by atoms with Gasteiger partial charge in [0.15, 0.2) is 11.0 Å². The number of nitrogens with zero attached hydrogens (tertiary/aromatic N) is 4. The molecule has 1 fully saturated rings. The lowest BCUT2D eigenvalue weighted by Gasteiger charge is -2.20. The van der Waals surface area contributed by atoms with Crippen molar-refractivity contribution in [2.45, 2.75) is 18.9 Å². The predicted molar refractivity (Wildman–Crippen MR) is 69.8 cm³/mol. The van der Waals surface area contributed by atoms with Crippen molar-refractivity contribution < 1.29 is 5.11 Å². The van der Waals surface area contributed by atoms with Crippen molar-refractivity contribution in [3.8, 4) is 0 Å². The summed E-state index contributed by atoms with van der Waals surface area (Å²) >= 11 is 6.02. The summed E-state index contributed by atoms with van der Waals surface area (Å²) in [7, 11) is 0. The van der Waals surface area contributed by atoms with Gasteiger partial charge in [-0.25, -0.2) is 0 Å². The maximum atomic E-state index is 10.0. The van der Waals surface area contributed by atoms with E-state index in [-0.39, 0.29) is 0 Å². The van der Waals surface area contributed by atoms with Gasteiger partial charge in [-0.05, 0) is 19.4 Å². The lowest BCUT2D eigenvalue weighted by Crippen LogP contribution is -2.30. The van der Waals surface area contributed by atoms with Crippen LogP contribution in [0.3, 0.4) is 0 Å². The van der Waals surface area contributed by atoms with Crippen molar-refractivity contribution in [2.24, 2.45) is 0 Å². The number of aromatic nitrogens is 3. The van der Waals surface area contributed by atoms with Crippen molar-refractivity contribution in [3.05, 3.63) is 23.6 Å². The number of rotatable bonds is 1. The summed E-state index contributed by atoms with van der Waals surface area (Å²) in [5.41, 5.74) is -0.671. The van der Waals surface area contributed by atoms with Gasteiger partial charge in [0, 0.05) is 36.3 Å². The normalized spacial score (nSPS) is 23.8. The topological polar surface area (TPSA) is 62.1 Å². The highest BCUT2D eigenvalue weighted by Crippen LogP contribution is 2.31. The molecule has 1 aliphatic heterocycles. The van der Waals surface area contributed by atoms with Gasteiger partial charge in [-0.2, -0.15) is 0 Å². The number of aliphatic hydroxyl groups is 1. The largest absolute Gasteiger partial charge is 0.388 e. The standard InChI is InChI=1S/C12H13ClN4O/c1-12(18)3-5-17(7-12)11-9-6-14-4-2-8(9)10(13)15-16-11/h2,4,6,18H,3,5,7H2,1H3/t12-/m0/s1. The molecular formula is C12H13ClN4O. The second kappa shape index (κ2) is 4.03. The first-order chi connectivity index (χ1) is 8.57. The molecule has 2 aromatic rings. The minimum absolute atomic E-state index is 0.377. The van der Waals surface area contributed by atoms with E-state index in [1.807, 2.05) is 17.9 Å². The lowest BCUT2D eigenvalue weighted by atomic mass is 10.1. The monoisotopic (exact) mass is 264 g/mol. The molecule has 0 radical (unpaired) electrons. The van der Waals surface area contributed by atoms with Gasteiger partial charge >= 0.3 is 0 Å². The van der Waals surface area contributed by atoms with Crippen LogP contribution in [-0.2, 0) is 0 Å². The Balaban J connectivity index is 2.11. The van der Waals surface area contributed by atoms with Crippen LogP contribution in [0.2, 0.25) is 5.15 Å². The number of hydrogen-bond donors (Lipinski definition) is 1. The van der Waals surface area contributed by atoms with E-state index in [2.05, 4.69) is 15.2 Å². The molecule has 1 atom stereocenters. The number of anilines is 1. The lowest BCUT2D eigenvalue weighted by molar-refractivity contribution is 0.0839. The zero-order valence-corrected chi connectivity index (χ0v) is 10.7. The van der Waals surface area contributed by atoms with Gasteiger partial charge in [-0.3, -0.25) is 4.98 Å². The zero-order chi connectivity index (χ0) is 12.8. The third kappa shape index (κ3) is 1.89. The van der Waals surface area contributed by atoms with E-state index in [0.29, 0.717) is 11.7 Å². The molecule has 0 aliphatic carbocycles. The first-order valence-corrected chi connectivity index (χ1v) is 6.18. The van der Waals surface area contributed by atoms with Gasteiger partial charge < -0.3 is 10.0 Å². The molecular weight excluding hydrogens is 252 g/mol. The van der Waals surface area contributed by atoms with E-state index in [9.17, 15) is 5.11 Å². The SMILES string of the molecule is C[C@]1(O)CCN(c2nnc(Cl)c3ccncc23)C1. The summed E-state index contributed by atoms with van der Waals surface area (Å²) in [4.78, 5) is 6.13. The minimum Gasteiger partial charge on any atom is -0.388 e. The van der Waals surface area contributed by atoms with Crippen molar-refractivity contribution in [2.75, 3.05) is 18.0 Å². The van der Waals surface area contributed by atoms with E-state index in [1.165, 1.54) is 0 Å². The third-order valence-corrected chi connectivity index (χ3v) is 3.55. The zero-order valence-electron chi connectivity index (χ0n) is 9.97. The molecule has 0 unspecified atom stereocenters. The molecule has 3 rings (SSSR count). The quantitative estimate of drug-likeness (QED) is 0.848. The third-order valence-electron chi connectivity index (χ3n) is 3.27. The van der Waals surface area contributed by atoms with E-state index in [1.54, 1.807) is 12.4 Å². The fourth-order valence-electron chi connectivity index (χ4n) is 2.31. The molecule has 1 N–H and O–H groups in total. The molecule has 5 nitrogen and oxygen atoms in total. The van der Waals surface area contributed by atoms with Crippen molar-refractivity contribution in [3.63, 3.8) is 0 Å². The van der Waals surface area contributed by atoms with Gasteiger partial charge in [0.1, 0.15) is 0 Å². The number of fused-ring (bicyclic) bond motifs is 1. The van der Waals surface area contributed by atoms with Gasteiger partial charge in [0.05, 0.1) is 5.60 Å². The van der Waals surface area contributed by atoms with Crippen LogP contribution in [0.4, 0.5) is 5.82 Å². The Hall–Kier alpha value is -1.46. The summed E-state index contributed by atoms with van der Waals surface area (Å²) in [6, 6.07) is 1.82. The molecule has 0 bridgehead atoms. The molecule has 1 saturated heterocycles.